The number of nitrogens with one attached hydrogen (secondary N) is 1. The van der Waals surface area contributed by atoms with E-state index in [0.29, 0.717) is 19.1 Å². The molecular formula is C20H24N4O3. The molecule has 142 valence electrons. The number of anilines is 1. The number of ether oxygens (including phenoxy) is 2. The summed E-state index contributed by atoms with van der Waals surface area (Å²) in [6.07, 6.45) is 3.88. The highest BCUT2D eigenvalue weighted by Gasteiger charge is 2.14. The lowest BCUT2D eigenvalue weighted by atomic mass is 10.1. The third kappa shape index (κ3) is 4.77. The second-order valence-electron chi connectivity index (χ2n) is 5.93. The van der Waals surface area contributed by atoms with E-state index in [1.165, 1.54) is 0 Å². The van der Waals surface area contributed by atoms with Crippen LogP contribution < -0.4 is 10.1 Å². The van der Waals surface area contributed by atoms with Crippen LogP contribution in [0.2, 0.25) is 0 Å². The molecule has 1 aromatic carbocycles. The number of morpholine rings is 1. The number of aromatic nitrogens is 1. The van der Waals surface area contributed by atoms with E-state index in [1.807, 2.05) is 49.4 Å². The van der Waals surface area contributed by atoms with E-state index < -0.39 is 0 Å². The van der Waals surface area contributed by atoms with Gasteiger partial charge in [-0.2, -0.15) is 0 Å². The van der Waals surface area contributed by atoms with Crippen LogP contribution in [0.3, 0.4) is 0 Å². The Morgan fingerprint density at radius 2 is 2.04 bits per heavy atom. The van der Waals surface area contributed by atoms with Crippen LogP contribution in [0.1, 0.15) is 6.92 Å². The van der Waals surface area contributed by atoms with Crippen LogP contribution in [-0.4, -0.2) is 50.2 Å². The lowest BCUT2D eigenvalue weighted by Crippen LogP contribution is -2.35. The number of aliphatic imine (C=N–C) groups is 1. The molecule has 2 heterocycles. The summed E-state index contributed by atoms with van der Waals surface area (Å²) < 4.78 is 16.0. The van der Waals surface area contributed by atoms with Gasteiger partial charge in [0.1, 0.15) is 17.3 Å². The Morgan fingerprint density at radius 1 is 1.30 bits per heavy atom. The first-order valence-electron chi connectivity index (χ1n) is 8.79. The second kappa shape index (κ2) is 9.05. The number of methoxy groups -OCH3 is 1. The Balaban J connectivity index is 1.72. The van der Waals surface area contributed by atoms with Gasteiger partial charge < -0.3 is 24.2 Å². The van der Waals surface area contributed by atoms with Crippen molar-refractivity contribution in [1.29, 1.82) is 0 Å². The Labute approximate surface area is 159 Å². The SMILES string of the molecule is C=N/C(=C\C(=C/C)Nc1cc(-c2ccc(OC)cc2)no1)N1CCOCC1. The first-order valence-corrected chi connectivity index (χ1v) is 8.79. The van der Waals surface area contributed by atoms with Crippen molar-refractivity contribution in [3.8, 4) is 17.0 Å². The number of allylic oxidation sites excluding steroid dienone is 2. The van der Waals surface area contributed by atoms with Gasteiger partial charge in [-0.1, -0.05) is 11.2 Å². The molecule has 0 spiro atoms. The Bertz CT molecular complexity index is 818. The molecule has 1 aliphatic rings. The molecule has 0 atom stereocenters. The largest absolute Gasteiger partial charge is 0.497 e. The van der Waals surface area contributed by atoms with Crippen molar-refractivity contribution in [3.05, 3.63) is 54.0 Å². The number of benzene rings is 1. The molecule has 7 heteroatoms. The molecule has 0 aliphatic carbocycles. The first kappa shape index (κ1) is 18.7. The Hall–Kier alpha value is -3.06. The fourth-order valence-electron chi connectivity index (χ4n) is 2.73. The predicted octanol–water partition coefficient (Wildman–Crippen LogP) is 3.54. The highest BCUT2D eigenvalue weighted by Crippen LogP contribution is 2.25. The van der Waals surface area contributed by atoms with Gasteiger partial charge in [0.2, 0.25) is 5.88 Å². The van der Waals surface area contributed by atoms with Crippen LogP contribution in [0.5, 0.6) is 5.75 Å². The summed E-state index contributed by atoms with van der Waals surface area (Å²) in [7, 11) is 1.64. The molecule has 0 unspecified atom stereocenters. The van der Waals surface area contributed by atoms with Crippen molar-refractivity contribution in [2.75, 3.05) is 38.7 Å². The molecule has 1 saturated heterocycles. The monoisotopic (exact) mass is 368 g/mol. The normalized spacial score (nSPS) is 15.6. The van der Waals surface area contributed by atoms with Gasteiger partial charge in [0.25, 0.3) is 0 Å². The molecule has 0 saturated carbocycles. The maximum Gasteiger partial charge on any atom is 0.229 e. The smallest absolute Gasteiger partial charge is 0.229 e. The summed E-state index contributed by atoms with van der Waals surface area (Å²) >= 11 is 0. The standard InChI is InChI=1S/C20H24N4O3/c1-4-16(13-19(21-2)24-9-11-26-12-10-24)22-20-14-18(23-27-20)15-5-7-17(25-3)8-6-15/h4-8,13-14,22H,2,9-12H2,1,3H3/b16-4+,19-13+. The molecule has 1 N–H and O–H groups in total. The minimum Gasteiger partial charge on any atom is -0.497 e. The van der Waals surface area contributed by atoms with Gasteiger partial charge in [-0.3, -0.25) is 0 Å². The molecule has 3 rings (SSSR count). The molecule has 7 nitrogen and oxygen atoms in total. The first-order chi connectivity index (χ1) is 13.2. The van der Waals surface area contributed by atoms with Crippen LogP contribution in [0.25, 0.3) is 11.3 Å². The quantitative estimate of drug-likeness (QED) is 0.595. The van der Waals surface area contributed by atoms with Gasteiger partial charge in [-0.25, -0.2) is 4.99 Å². The van der Waals surface area contributed by atoms with Crippen molar-refractivity contribution in [2.24, 2.45) is 4.99 Å². The molecule has 0 radical (unpaired) electrons. The fraction of sp³-hybridized carbons (Fsp3) is 0.300. The number of nitrogens with zero attached hydrogens (tertiary/aromatic N) is 3. The third-order valence-corrected chi connectivity index (χ3v) is 4.26. The molecule has 27 heavy (non-hydrogen) atoms. The van der Waals surface area contributed by atoms with E-state index in [-0.39, 0.29) is 0 Å². The van der Waals surface area contributed by atoms with Gasteiger partial charge in [0.15, 0.2) is 0 Å². The van der Waals surface area contributed by atoms with Crippen LogP contribution in [0, 0.1) is 0 Å². The minimum absolute atomic E-state index is 0.551. The average Bonchev–Trinajstić information content (AvgIpc) is 3.20. The van der Waals surface area contributed by atoms with Gasteiger partial charge in [0, 0.05) is 36.5 Å². The summed E-state index contributed by atoms with van der Waals surface area (Å²) in [4.78, 5) is 6.30. The average molecular weight is 368 g/mol. The van der Waals surface area contributed by atoms with Crippen molar-refractivity contribution in [1.82, 2.24) is 10.1 Å². The highest BCUT2D eigenvalue weighted by molar-refractivity contribution is 5.63. The van der Waals surface area contributed by atoms with E-state index in [0.717, 1.165) is 41.6 Å². The molecule has 0 amide bonds. The highest BCUT2D eigenvalue weighted by atomic mass is 16.5. The van der Waals surface area contributed by atoms with Crippen LogP contribution in [-0.2, 0) is 4.74 Å². The zero-order valence-corrected chi connectivity index (χ0v) is 15.6. The lowest BCUT2D eigenvalue weighted by Gasteiger charge is -2.28. The van der Waals surface area contributed by atoms with Gasteiger partial charge in [0.05, 0.1) is 20.3 Å². The summed E-state index contributed by atoms with van der Waals surface area (Å²) in [6.45, 7) is 8.61. The maximum atomic E-state index is 5.43. The Kier molecular flexibility index (Phi) is 6.27. The van der Waals surface area contributed by atoms with E-state index in [2.05, 4.69) is 27.1 Å². The lowest BCUT2D eigenvalue weighted by molar-refractivity contribution is 0.0532. The van der Waals surface area contributed by atoms with Crippen molar-refractivity contribution in [2.45, 2.75) is 6.92 Å². The number of hydrogen-bond acceptors (Lipinski definition) is 7. The molecule has 1 aromatic heterocycles. The topological polar surface area (TPSA) is 72.1 Å². The maximum absolute atomic E-state index is 5.43. The minimum atomic E-state index is 0.551. The molecule has 1 fully saturated rings. The van der Waals surface area contributed by atoms with E-state index >= 15 is 0 Å². The molecule has 0 bridgehead atoms. The Morgan fingerprint density at radius 3 is 2.67 bits per heavy atom. The zero-order chi connectivity index (χ0) is 19.1. The number of hydrogen-bond donors (Lipinski definition) is 1. The van der Waals surface area contributed by atoms with Gasteiger partial charge in [-0.05, 0) is 37.9 Å². The summed E-state index contributed by atoms with van der Waals surface area (Å²) in [5.41, 5.74) is 2.54. The van der Waals surface area contributed by atoms with E-state index in [4.69, 9.17) is 14.0 Å². The van der Waals surface area contributed by atoms with E-state index in [9.17, 15) is 0 Å². The summed E-state index contributed by atoms with van der Waals surface area (Å²) in [6, 6.07) is 9.52. The summed E-state index contributed by atoms with van der Waals surface area (Å²) in [5, 5.41) is 7.36. The second-order valence-corrected chi connectivity index (χ2v) is 5.93. The van der Waals surface area contributed by atoms with Crippen molar-refractivity contribution >= 4 is 12.6 Å². The van der Waals surface area contributed by atoms with Gasteiger partial charge >= 0.3 is 0 Å². The van der Waals surface area contributed by atoms with E-state index in [1.54, 1.807) is 7.11 Å². The third-order valence-electron chi connectivity index (χ3n) is 4.26. The van der Waals surface area contributed by atoms with Crippen LogP contribution in [0.4, 0.5) is 5.88 Å². The van der Waals surface area contributed by atoms with Crippen molar-refractivity contribution < 1.29 is 14.0 Å². The van der Waals surface area contributed by atoms with Gasteiger partial charge in [-0.15, -0.1) is 0 Å². The molecular weight excluding hydrogens is 344 g/mol. The van der Waals surface area contributed by atoms with Crippen molar-refractivity contribution in [3.63, 3.8) is 0 Å². The predicted molar refractivity (Wildman–Crippen MR) is 106 cm³/mol. The van der Waals surface area contributed by atoms with Crippen LogP contribution >= 0.6 is 0 Å². The summed E-state index contributed by atoms with van der Waals surface area (Å²) in [5.74, 6) is 2.15. The molecule has 1 aliphatic heterocycles. The number of rotatable bonds is 7. The fourth-order valence-corrected chi connectivity index (χ4v) is 2.73. The zero-order valence-electron chi connectivity index (χ0n) is 15.6. The molecule has 2 aromatic rings. The van der Waals surface area contributed by atoms with Crippen LogP contribution in [0.15, 0.2) is 63.5 Å².